The number of guanidine groups is 1. The highest BCUT2D eigenvalue weighted by Crippen LogP contribution is 2.23. The summed E-state index contributed by atoms with van der Waals surface area (Å²) in [5, 5.41) is 14.4. The number of nitrogens with one attached hydrogen (secondary N) is 4. The molecule has 1 aliphatic rings. The molecule has 10 nitrogen and oxygen atoms in total. The average Bonchev–Trinajstić information content (AvgIpc) is 2.84. The number of nitrogens with zero attached hydrogens (tertiary/aromatic N) is 1. The Bertz CT molecular complexity index is 1170. The van der Waals surface area contributed by atoms with Crippen molar-refractivity contribution in [3.63, 3.8) is 0 Å². The number of fused-ring (bicyclic) bond motifs is 1. The maximum atomic E-state index is 13.0. The number of rotatable bonds is 10. The molecule has 0 spiro atoms. The molecule has 0 unspecified atom stereocenters. The summed E-state index contributed by atoms with van der Waals surface area (Å²) in [6.45, 7) is 3.02. The SMILES string of the molecule is C[C@H]1CCN(C(=O)CNS(=O)(=O)c2ccc3ccccc3c2)[C@H](C(=O)NCCCCNC(=N)N)C1. The van der Waals surface area contributed by atoms with Gasteiger partial charge in [-0.05, 0) is 54.5 Å². The lowest BCUT2D eigenvalue weighted by Gasteiger charge is -2.37. The summed E-state index contributed by atoms with van der Waals surface area (Å²) in [6.07, 6.45) is 2.72. The van der Waals surface area contributed by atoms with E-state index in [1.807, 2.05) is 31.2 Å². The number of hydrogen-bond acceptors (Lipinski definition) is 5. The Morgan fingerprint density at radius 3 is 2.49 bits per heavy atom. The smallest absolute Gasteiger partial charge is 0.242 e. The molecular formula is C24H34N6O4S. The van der Waals surface area contributed by atoms with Crippen molar-refractivity contribution in [1.82, 2.24) is 20.3 Å². The van der Waals surface area contributed by atoms with E-state index in [1.165, 1.54) is 11.0 Å². The van der Waals surface area contributed by atoms with Crippen LogP contribution in [-0.4, -0.2) is 63.3 Å². The Kier molecular flexibility index (Phi) is 9.05. The van der Waals surface area contributed by atoms with Gasteiger partial charge in [0.1, 0.15) is 6.04 Å². The molecule has 190 valence electrons. The lowest BCUT2D eigenvalue weighted by atomic mass is 9.91. The second-order valence-electron chi connectivity index (χ2n) is 8.90. The molecule has 0 saturated carbocycles. The zero-order valence-electron chi connectivity index (χ0n) is 19.9. The number of benzene rings is 2. The Morgan fingerprint density at radius 2 is 1.77 bits per heavy atom. The monoisotopic (exact) mass is 502 g/mol. The molecule has 2 aromatic carbocycles. The van der Waals surface area contributed by atoms with Crippen molar-refractivity contribution in [1.29, 1.82) is 5.41 Å². The van der Waals surface area contributed by atoms with Crippen molar-refractivity contribution >= 4 is 38.6 Å². The lowest BCUT2D eigenvalue weighted by molar-refractivity contribution is -0.142. The summed E-state index contributed by atoms with van der Waals surface area (Å²) in [4.78, 5) is 27.4. The maximum Gasteiger partial charge on any atom is 0.242 e. The van der Waals surface area contributed by atoms with Gasteiger partial charge in [0.25, 0.3) is 0 Å². The van der Waals surface area contributed by atoms with Crippen LogP contribution in [0.5, 0.6) is 0 Å². The van der Waals surface area contributed by atoms with Crippen molar-refractivity contribution in [2.75, 3.05) is 26.2 Å². The van der Waals surface area contributed by atoms with Crippen molar-refractivity contribution in [3.05, 3.63) is 42.5 Å². The van der Waals surface area contributed by atoms with Crippen LogP contribution in [0.1, 0.15) is 32.6 Å². The van der Waals surface area contributed by atoms with Crippen LogP contribution in [0, 0.1) is 11.3 Å². The second kappa shape index (κ2) is 12.0. The second-order valence-corrected chi connectivity index (χ2v) is 10.7. The van der Waals surface area contributed by atoms with E-state index in [1.54, 1.807) is 12.1 Å². The zero-order valence-corrected chi connectivity index (χ0v) is 20.7. The van der Waals surface area contributed by atoms with Gasteiger partial charge in [-0.15, -0.1) is 0 Å². The van der Waals surface area contributed by atoms with Crippen LogP contribution in [0.15, 0.2) is 47.4 Å². The van der Waals surface area contributed by atoms with Gasteiger partial charge < -0.3 is 21.3 Å². The van der Waals surface area contributed by atoms with Gasteiger partial charge in [0, 0.05) is 19.6 Å². The number of nitrogens with two attached hydrogens (primary N) is 1. The molecule has 2 aromatic rings. The summed E-state index contributed by atoms with van der Waals surface area (Å²) in [7, 11) is -3.89. The highest BCUT2D eigenvalue weighted by atomic mass is 32.2. The summed E-state index contributed by atoms with van der Waals surface area (Å²) >= 11 is 0. The van der Waals surface area contributed by atoms with Crippen LogP contribution in [-0.2, 0) is 19.6 Å². The molecule has 0 bridgehead atoms. The number of hydrogen-bond donors (Lipinski definition) is 5. The first-order valence-electron chi connectivity index (χ1n) is 11.8. The molecule has 6 N–H and O–H groups in total. The number of amides is 2. The minimum Gasteiger partial charge on any atom is -0.370 e. The number of piperidine rings is 1. The first-order chi connectivity index (χ1) is 16.7. The summed E-state index contributed by atoms with van der Waals surface area (Å²) < 4.78 is 28.0. The van der Waals surface area contributed by atoms with E-state index in [-0.39, 0.29) is 22.7 Å². The van der Waals surface area contributed by atoms with Gasteiger partial charge >= 0.3 is 0 Å². The van der Waals surface area contributed by atoms with Gasteiger partial charge in [-0.1, -0.05) is 37.3 Å². The molecule has 1 heterocycles. The van der Waals surface area contributed by atoms with Crippen LogP contribution in [0.2, 0.25) is 0 Å². The zero-order chi connectivity index (χ0) is 25.4. The first-order valence-corrected chi connectivity index (χ1v) is 13.3. The highest BCUT2D eigenvalue weighted by Gasteiger charge is 2.35. The predicted molar refractivity (Wildman–Crippen MR) is 135 cm³/mol. The normalized spacial score (nSPS) is 18.3. The lowest BCUT2D eigenvalue weighted by Crippen LogP contribution is -2.55. The number of sulfonamides is 1. The fourth-order valence-corrected chi connectivity index (χ4v) is 5.18. The van der Waals surface area contributed by atoms with Crippen LogP contribution >= 0.6 is 0 Å². The van der Waals surface area contributed by atoms with Crippen molar-refractivity contribution in [3.8, 4) is 0 Å². The number of carbonyl (C=O) groups is 2. The number of likely N-dealkylation sites (tertiary alicyclic amines) is 1. The number of unbranched alkanes of at least 4 members (excludes halogenated alkanes) is 1. The Morgan fingerprint density at radius 1 is 1.09 bits per heavy atom. The molecule has 1 aliphatic heterocycles. The van der Waals surface area contributed by atoms with Crippen LogP contribution in [0.4, 0.5) is 0 Å². The van der Waals surface area contributed by atoms with Gasteiger partial charge in [0.2, 0.25) is 21.8 Å². The van der Waals surface area contributed by atoms with Gasteiger partial charge in [0.15, 0.2) is 5.96 Å². The Balaban J connectivity index is 1.57. The first kappa shape index (κ1) is 26.4. The van der Waals surface area contributed by atoms with Crippen LogP contribution in [0.25, 0.3) is 10.8 Å². The standard InChI is InChI=1S/C24H34N6O4S/c1-17-10-13-30(21(14-17)23(32)27-11-4-5-12-28-24(25)26)22(31)16-29-35(33,34)20-9-8-18-6-2-3-7-19(18)15-20/h2-3,6-9,15,17,21,29H,4-5,10-14,16H2,1H3,(H,27,32)(H4,25,26,28)/t17-,21-/m0/s1. The predicted octanol–water partition coefficient (Wildman–Crippen LogP) is 1.12. The van der Waals surface area contributed by atoms with E-state index in [0.29, 0.717) is 32.5 Å². The van der Waals surface area contributed by atoms with Gasteiger partial charge in [-0.25, -0.2) is 13.1 Å². The quantitative estimate of drug-likeness (QED) is 0.186. The van der Waals surface area contributed by atoms with E-state index in [9.17, 15) is 18.0 Å². The minimum atomic E-state index is -3.89. The largest absolute Gasteiger partial charge is 0.370 e. The molecule has 1 saturated heterocycles. The van der Waals surface area contributed by atoms with Gasteiger partial charge in [-0.3, -0.25) is 15.0 Å². The van der Waals surface area contributed by atoms with E-state index < -0.39 is 28.5 Å². The Labute approximate surface area is 206 Å². The van der Waals surface area contributed by atoms with Crippen LogP contribution in [0.3, 0.4) is 0 Å². The van der Waals surface area contributed by atoms with Crippen LogP contribution < -0.4 is 21.1 Å². The van der Waals surface area contributed by atoms with E-state index >= 15 is 0 Å². The number of carbonyl (C=O) groups excluding carboxylic acids is 2. The third-order valence-corrected chi connectivity index (χ3v) is 7.55. The molecule has 35 heavy (non-hydrogen) atoms. The molecule has 11 heteroatoms. The van der Waals surface area contributed by atoms with Crippen molar-refractivity contribution in [2.45, 2.75) is 43.5 Å². The summed E-state index contributed by atoms with van der Waals surface area (Å²) in [5.74, 6) is -0.464. The maximum absolute atomic E-state index is 13.0. The molecule has 0 aliphatic carbocycles. The molecule has 1 fully saturated rings. The third-order valence-electron chi connectivity index (χ3n) is 6.15. The fraction of sp³-hybridized carbons (Fsp3) is 0.458. The van der Waals surface area contributed by atoms with Crippen molar-refractivity contribution in [2.24, 2.45) is 11.7 Å². The summed E-state index contributed by atoms with van der Waals surface area (Å²) in [6, 6.07) is 11.6. The molecular weight excluding hydrogens is 468 g/mol. The van der Waals surface area contributed by atoms with E-state index in [2.05, 4.69) is 15.4 Å². The molecule has 2 amide bonds. The minimum absolute atomic E-state index is 0.0874. The fourth-order valence-electron chi connectivity index (χ4n) is 4.17. The summed E-state index contributed by atoms with van der Waals surface area (Å²) in [5.41, 5.74) is 5.24. The molecule has 0 radical (unpaired) electrons. The van der Waals surface area contributed by atoms with E-state index in [4.69, 9.17) is 11.1 Å². The van der Waals surface area contributed by atoms with Gasteiger partial charge in [-0.2, -0.15) is 0 Å². The Hall–Kier alpha value is -3.18. The average molecular weight is 503 g/mol. The molecule has 2 atom stereocenters. The molecule has 0 aromatic heterocycles. The molecule has 3 rings (SSSR count). The van der Waals surface area contributed by atoms with Crippen molar-refractivity contribution < 1.29 is 18.0 Å². The topological polar surface area (TPSA) is 157 Å². The third kappa shape index (κ3) is 7.40. The highest BCUT2D eigenvalue weighted by molar-refractivity contribution is 7.89. The van der Waals surface area contributed by atoms with Gasteiger partial charge in [0.05, 0.1) is 11.4 Å². The van der Waals surface area contributed by atoms with E-state index in [0.717, 1.165) is 23.6 Å².